The first-order valence-corrected chi connectivity index (χ1v) is 13.5. The van der Waals surface area contributed by atoms with Crippen molar-refractivity contribution in [1.29, 1.82) is 0 Å². The minimum absolute atomic E-state index is 0.0821. The number of ether oxygens (including phenoxy) is 2. The van der Waals surface area contributed by atoms with E-state index in [4.69, 9.17) is 9.47 Å². The Morgan fingerprint density at radius 3 is 2.03 bits per heavy atom. The molecule has 0 atom stereocenters. The summed E-state index contributed by atoms with van der Waals surface area (Å²) in [6.45, 7) is -0.0821. The van der Waals surface area contributed by atoms with Crippen molar-refractivity contribution in [2.75, 3.05) is 20.8 Å². The molecule has 1 N–H and O–H groups in total. The van der Waals surface area contributed by atoms with Crippen molar-refractivity contribution < 1.29 is 35.1 Å². The molecule has 0 aliphatic carbocycles. The number of rotatable bonds is 9. The lowest BCUT2D eigenvalue weighted by Gasteiger charge is -2.09. The van der Waals surface area contributed by atoms with Crippen molar-refractivity contribution in [3.8, 4) is 11.5 Å². The Hall–Kier alpha value is -3.48. The van der Waals surface area contributed by atoms with Crippen molar-refractivity contribution in [3.63, 3.8) is 0 Å². The Morgan fingerprint density at radius 1 is 0.833 bits per heavy atom. The third kappa shape index (κ3) is 4.79. The van der Waals surface area contributed by atoms with Crippen molar-refractivity contribution >= 4 is 30.9 Å². The number of hydrogen-bond acceptors (Lipinski definition) is 6. The summed E-state index contributed by atoms with van der Waals surface area (Å²) in [7, 11) is -5.66. The highest BCUT2D eigenvalue weighted by Crippen LogP contribution is 2.28. The lowest BCUT2D eigenvalue weighted by molar-refractivity contribution is 0.385. The van der Waals surface area contributed by atoms with Crippen LogP contribution in [0.25, 0.3) is 10.9 Å². The van der Waals surface area contributed by atoms with Crippen molar-refractivity contribution in [2.45, 2.75) is 16.2 Å². The molecule has 3 aromatic carbocycles. The van der Waals surface area contributed by atoms with Crippen LogP contribution in [0.4, 0.5) is 8.78 Å². The van der Waals surface area contributed by atoms with Crippen LogP contribution < -0.4 is 14.2 Å². The van der Waals surface area contributed by atoms with Crippen LogP contribution in [0.1, 0.15) is 5.56 Å². The van der Waals surface area contributed by atoms with Crippen LogP contribution in [0, 0.1) is 11.6 Å². The van der Waals surface area contributed by atoms with Gasteiger partial charge in [0.05, 0.1) is 29.5 Å². The van der Waals surface area contributed by atoms with E-state index < -0.39 is 31.7 Å². The van der Waals surface area contributed by atoms with Crippen LogP contribution in [-0.4, -0.2) is 41.6 Å². The zero-order valence-electron chi connectivity index (χ0n) is 19.2. The van der Waals surface area contributed by atoms with Crippen molar-refractivity contribution in [1.82, 2.24) is 8.69 Å². The molecule has 8 nitrogen and oxygen atoms in total. The molecular weight excluding hydrogens is 514 g/mol. The molecule has 0 radical (unpaired) electrons. The maximum Gasteiger partial charge on any atom is 0.268 e. The number of sulfonamides is 1. The van der Waals surface area contributed by atoms with Gasteiger partial charge in [-0.1, -0.05) is 18.2 Å². The first-order valence-electron chi connectivity index (χ1n) is 10.6. The third-order valence-corrected chi connectivity index (χ3v) is 8.69. The summed E-state index contributed by atoms with van der Waals surface area (Å²) in [5, 5.41) is 0.588. The van der Waals surface area contributed by atoms with E-state index in [2.05, 4.69) is 4.72 Å². The summed E-state index contributed by atoms with van der Waals surface area (Å²) in [6, 6.07) is 13.3. The maximum atomic E-state index is 14.2. The van der Waals surface area contributed by atoms with Gasteiger partial charge in [0.25, 0.3) is 10.0 Å². The number of para-hydroxylation sites is 1. The van der Waals surface area contributed by atoms with Gasteiger partial charge < -0.3 is 9.47 Å². The Balaban J connectivity index is 1.61. The topological polar surface area (TPSA) is 104 Å². The SMILES string of the molecule is COc1ccc(S(=O)(=O)NCCc2cn(S(=O)(=O)c3ccc(OC)c(F)c3)c3ccccc23)cc1F. The van der Waals surface area contributed by atoms with Gasteiger partial charge in [-0.3, -0.25) is 0 Å². The number of nitrogens with zero attached hydrogens (tertiary/aromatic N) is 1. The highest BCUT2D eigenvalue weighted by Gasteiger charge is 2.23. The molecule has 36 heavy (non-hydrogen) atoms. The Labute approximate surface area is 207 Å². The first kappa shape index (κ1) is 25.6. The first-order chi connectivity index (χ1) is 17.1. The third-order valence-electron chi connectivity index (χ3n) is 5.56. The second-order valence-corrected chi connectivity index (χ2v) is 11.3. The fourth-order valence-electron chi connectivity index (χ4n) is 3.75. The highest BCUT2D eigenvalue weighted by atomic mass is 32.2. The van der Waals surface area contributed by atoms with E-state index >= 15 is 0 Å². The average molecular weight is 537 g/mol. The van der Waals surface area contributed by atoms with E-state index in [1.165, 1.54) is 44.7 Å². The van der Waals surface area contributed by atoms with Crippen molar-refractivity contribution in [2.24, 2.45) is 0 Å². The van der Waals surface area contributed by atoms with Gasteiger partial charge in [-0.25, -0.2) is 34.3 Å². The quantitative estimate of drug-likeness (QED) is 0.350. The monoisotopic (exact) mass is 536 g/mol. The number of fused-ring (bicyclic) bond motifs is 1. The van der Waals surface area contributed by atoms with E-state index in [1.807, 2.05) is 0 Å². The second kappa shape index (κ2) is 9.88. The van der Waals surface area contributed by atoms with Crippen LogP contribution in [0.3, 0.4) is 0 Å². The molecule has 0 fully saturated rings. The lowest BCUT2D eigenvalue weighted by Crippen LogP contribution is -2.26. The molecule has 0 unspecified atom stereocenters. The molecule has 1 aromatic heterocycles. The zero-order chi connectivity index (χ0) is 26.1. The predicted molar refractivity (Wildman–Crippen MR) is 129 cm³/mol. The van der Waals surface area contributed by atoms with Gasteiger partial charge >= 0.3 is 0 Å². The number of hydrogen-bond donors (Lipinski definition) is 1. The molecule has 190 valence electrons. The summed E-state index contributed by atoms with van der Waals surface area (Å²) in [6.07, 6.45) is 1.52. The summed E-state index contributed by atoms with van der Waals surface area (Å²) < 4.78 is 93.1. The number of nitrogens with one attached hydrogen (secondary N) is 1. The van der Waals surface area contributed by atoms with Gasteiger partial charge in [0, 0.05) is 18.1 Å². The van der Waals surface area contributed by atoms with Crippen LogP contribution in [-0.2, 0) is 26.5 Å². The number of benzene rings is 3. The molecule has 0 saturated heterocycles. The van der Waals surface area contributed by atoms with E-state index in [0.717, 1.165) is 16.1 Å². The van der Waals surface area contributed by atoms with E-state index in [9.17, 15) is 25.6 Å². The van der Waals surface area contributed by atoms with Gasteiger partial charge in [-0.15, -0.1) is 0 Å². The normalized spacial score (nSPS) is 12.1. The van der Waals surface area contributed by atoms with Gasteiger partial charge in [-0.2, -0.15) is 0 Å². The van der Waals surface area contributed by atoms with E-state index in [0.29, 0.717) is 16.5 Å². The number of methoxy groups -OCH3 is 2. The predicted octanol–water partition coefficient (Wildman–Crippen LogP) is 3.69. The van der Waals surface area contributed by atoms with Crippen LogP contribution in [0.2, 0.25) is 0 Å². The molecule has 1 heterocycles. The number of aromatic nitrogens is 1. The maximum absolute atomic E-state index is 14.2. The van der Waals surface area contributed by atoms with Gasteiger partial charge in [0.2, 0.25) is 10.0 Å². The fraction of sp³-hybridized carbons (Fsp3) is 0.167. The second-order valence-electron chi connectivity index (χ2n) is 7.71. The van der Waals surface area contributed by atoms with Crippen LogP contribution in [0.5, 0.6) is 11.5 Å². The molecule has 4 aromatic rings. The molecule has 12 heteroatoms. The van der Waals surface area contributed by atoms with Gasteiger partial charge in [0.1, 0.15) is 0 Å². The average Bonchev–Trinajstić information content (AvgIpc) is 3.23. The smallest absolute Gasteiger partial charge is 0.268 e. The highest BCUT2D eigenvalue weighted by molar-refractivity contribution is 7.90. The zero-order valence-corrected chi connectivity index (χ0v) is 20.9. The van der Waals surface area contributed by atoms with Crippen LogP contribution in [0.15, 0.2) is 76.7 Å². The molecule has 0 bridgehead atoms. The van der Waals surface area contributed by atoms with Crippen LogP contribution >= 0.6 is 0 Å². The largest absolute Gasteiger partial charge is 0.494 e. The van der Waals surface area contributed by atoms with Gasteiger partial charge in [-0.05, 0) is 54.4 Å². The molecule has 0 aliphatic heterocycles. The minimum Gasteiger partial charge on any atom is -0.494 e. The molecule has 0 amide bonds. The van der Waals surface area contributed by atoms with E-state index in [1.54, 1.807) is 24.3 Å². The van der Waals surface area contributed by atoms with Gasteiger partial charge in [0.15, 0.2) is 23.1 Å². The summed E-state index contributed by atoms with van der Waals surface area (Å²) >= 11 is 0. The summed E-state index contributed by atoms with van der Waals surface area (Å²) in [5.74, 6) is -1.81. The molecule has 4 rings (SSSR count). The van der Waals surface area contributed by atoms with Crippen molar-refractivity contribution in [3.05, 3.63) is 84.1 Å². The molecule has 0 saturated carbocycles. The Morgan fingerprint density at radius 2 is 1.42 bits per heavy atom. The summed E-state index contributed by atoms with van der Waals surface area (Å²) in [5.41, 5.74) is 0.899. The fourth-order valence-corrected chi connectivity index (χ4v) is 6.20. The summed E-state index contributed by atoms with van der Waals surface area (Å²) in [4.78, 5) is -0.539. The lowest BCUT2D eigenvalue weighted by atomic mass is 10.1. The number of halogens is 2. The standard InChI is InChI=1S/C24H22F2N2O6S2/c1-33-23-9-7-17(13-20(23)25)35(29,30)27-12-11-16-15-28(22-6-4-3-5-19(16)22)36(31,32)18-8-10-24(34-2)21(26)14-18/h3-10,13-15,27H,11-12H2,1-2H3. The van der Waals surface area contributed by atoms with E-state index in [-0.39, 0.29) is 34.3 Å². The molecular formula is C24H22F2N2O6S2. The molecule has 0 spiro atoms. The minimum atomic E-state index is -4.17. The Kier molecular flexibility index (Phi) is 7.03. The molecule has 0 aliphatic rings. The Bertz CT molecular complexity index is 1650.